The summed E-state index contributed by atoms with van der Waals surface area (Å²) < 4.78 is 0. The van der Waals surface area contributed by atoms with Gasteiger partial charge < -0.3 is 15.5 Å². The molecule has 138 valence electrons. The van der Waals surface area contributed by atoms with Gasteiger partial charge in [0.1, 0.15) is 0 Å². The first-order valence-electron chi connectivity index (χ1n) is 9.26. The van der Waals surface area contributed by atoms with Gasteiger partial charge in [0.15, 0.2) is 0 Å². The first-order valence-corrected chi connectivity index (χ1v) is 9.26. The molecule has 27 heavy (non-hydrogen) atoms. The molecule has 1 aromatic heterocycles. The van der Waals surface area contributed by atoms with Gasteiger partial charge in [-0.25, -0.2) is 0 Å². The Balaban J connectivity index is 1.40. The van der Waals surface area contributed by atoms with Gasteiger partial charge in [0.2, 0.25) is 5.91 Å². The standard InChI is InChI=1S/C21H23N5O/c22-18(14-16-6-2-1-3-7-16)21(27)26-12-10-25(11-13-26)20-15-23-24-19-9-5-4-8-17(19)20/h1-9,15,18H,10-14,22H2/t18-/m1/s1. The van der Waals surface area contributed by atoms with Crippen molar-refractivity contribution in [2.24, 2.45) is 5.73 Å². The summed E-state index contributed by atoms with van der Waals surface area (Å²) in [6.07, 6.45) is 2.37. The molecule has 1 saturated heterocycles. The molecule has 0 aliphatic carbocycles. The molecule has 1 aliphatic heterocycles. The second kappa shape index (κ2) is 7.72. The van der Waals surface area contributed by atoms with E-state index in [0.717, 1.165) is 35.2 Å². The Kier molecular flexibility index (Phi) is 4.98. The maximum absolute atomic E-state index is 12.7. The maximum atomic E-state index is 12.7. The number of carbonyl (C=O) groups excluding carboxylic acids is 1. The summed E-state index contributed by atoms with van der Waals surface area (Å²) in [5.41, 5.74) is 9.22. The molecule has 1 fully saturated rings. The molecule has 0 bridgehead atoms. The Bertz CT molecular complexity index is 917. The van der Waals surface area contributed by atoms with Crippen molar-refractivity contribution in [2.45, 2.75) is 12.5 Å². The van der Waals surface area contributed by atoms with Crippen LogP contribution in [0.3, 0.4) is 0 Å². The fourth-order valence-corrected chi connectivity index (χ4v) is 3.60. The van der Waals surface area contributed by atoms with Gasteiger partial charge in [-0.2, -0.15) is 10.2 Å². The third-order valence-electron chi connectivity index (χ3n) is 5.07. The number of nitrogens with zero attached hydrogens (tertiary/aromatic N) is 4. The van der Waals surface area contributed by atoms with E-state index < -0.39 is 6.04 Å². The van der Waals surface area contributed by atoms with Gasteiger partial charge in [-0.05, 0) is 18.1 Å². The molecule has 6 nitrogen and oxygen atoms in total. The Morgan fingerprint density at radius 3 is 2.48 bits per heavy atom. The van der Waals surface area contributed by atoms with E-state index in [2.05, 4.69) is 21.2 Å². The van der Waals surface area contributed by atoms with Crippen LogP contribution in [-0.4, -0.2) is 53.2 Å². The van der Waals surface area contributed by atoms with Crippen molar-refractivity contribution in [3.63, 3.8) is 0 Å². The van der Waals surface area contributed by atoms with E-state index in [4.69, 9.17) is 5.73 Å². The second-order valence-corrected chi connectivity index (χ2v) is 6.86. The van der Waals surface area contributed by atoms with Crippen LogP contribution in [0.4, 0.5) is 5.69 Å². The Labute approximate surface area is 158 Å². The molecule has 2 aromatic carbocycles. The second-order valence-electron chi connectivity index (χ2n) is 6.86. The average molecular weight is 361 g/mol. The zero-order valence-corrected chi connectivity index (χ0v) is 15.2. The fraction of sp³-hybridized carbons (Fsp3) is 0.286. The molecule has 2 heterocycles. The summed E-state index contributed by atoms with van der Waals surface area (Å²) in [4.78, 5) is 16.9. The van der Waals surface area contributed by atoms with E-state index in [1.165, 1.54) is 0 Å². The van der Waals surface area contributed by atoms with Gasteiger partial charge in [-0.1, -0.05) is 48.5 Å². The minimum absolute atomic E-state index is 0.0243. The van der Waals surface area contributed by atoms with Gasteiger partial charge >= 0.3 is 0 Å². The molecule has 0 radical (unpaired) electrons. The van der Waals surface area contributed by atoms with E-state index in [9.17, 15) is 4.79 Å². The highest BCUT2D eigenvalue weighted by Gasteiger charge is 2.26. The molecule has 0 spiro atoms. The van der Waals surface area contributed by atoms with Gasteiger partial charge in [0.25, 0.3) is 0 Å². The van der Waals surface area contributed by atoms with Crippen molar-refractivity contribution in [3.8, 4) is 0 Å². The molecule has 1 atom stereocenters. The van der Waals surface area contributed by atoms with Gasteiger partial charge in [-0.3, -0.25) is 4.79 Å². The van der Waals surface area contributed by atoms with Crippen LogP contribution in [0.1, 0.15) is 5.56 Å². The number of carbonyl (C=O) groups is 1. The summed E-state index contributed by atoms with van der Waals surface area (Å²) in [7, 11) is 0. The summed E-state index contributed by atoms with van der Waals surface area (Å²) in [5.74, 6) is 0.0243. The lowest BCUT2D eigenvalue weighted by molar-refractivity contribution is -0.132. The predicted octanol–water partition coefficient (Wildman–Crippen LogP) is 1.85. The lowest BCUT2D eigenvalue weighted by Crippen LogP contribution is -2.53. The zero-order valence-electron chi connectivity index (χ0n) is 15.2. The number of hydrogen-bond donors (Lipinski definition) is 1. The van der Waals surface area contributed by atoms with Crippen LogP contribution in [0.2, 0.25) is 0 Å². The number of hydrogen-bond acceptors (Lipinski definition) is 5. The van der Waals surface area contributed by atoms with Crippen LogP contribution in [0.5, 0.6) is 0 Å². The highest BCUT2D eigenvalue weighted by Crippen LogP contribution is 2.25. The topological polar surface area (TPSA) is 75.4 Å². The highest BCUT2D eigenvalue weighted by atomic mass is 16.2. The maximum Gasteiger partial charge on any atom is 0.239 e. The summed E-state index contributed by atoms with van der Waals surface area (Å²) >= 11 is 0. The highest BCUT2D eigenvalue weighted by molar-refractivity contribution is 5.91. The Morgan fingerprint density at radius 2 is 1.70 bits per heavy atom. The largest absolute Gasteiger partial charge is 0.366 e. The van der Waals surface area contributed by atoms with Crippen LogP contribution in [0, 0.1) is 0 Å². The number of nitrogens with two attached hydrogens (primary N) is 1. The minimum atomic E-state index is -0.498. The zero-order chi connectivity index (χ0) is 18.6. The molecule has 4 rings (SSSR count). The van der Waals surface area contributed by atoms with E-state index in [-0.39, 0.29) is 5.91 Å². The summed E-state index contributed by atoms with van der Waals surface area (Å²) in [6.45, 7) is 2.86. The van der Waals surface area contributed by atoms with Crippen LogP contribution in [0.15, 0.2) is 60.8 Å². The molecule has 3 aromatic rings. The number of rotatable bonds is 4. The van der Waals surface area contributed by atoms with Crippen molar-refractivity contribution in [2.75, 3.05) is 31.1 Å². The molecule has 0 saturated carbocycles. The van der Waals surface area contributed by atoms with Crippen molar-refractivity contribution in [1.82, 2.24) is 15.1 Å². The van der Waals surface area contributed by atoms with Crippen LogP contribution in [0.25, 0.3) is 10.9 Å². The number of piperazine rings is 1. The van der Waals surface area contributed by atoms with E-state index >= 15 is 0 Å². The van der Waals surface area contributed by atoms with Gasteiger partial charge in [0.05, 0.1) is 23.4 Å². The fourth-order valence-electron chi connectivity index (χ4n) is 3.60. The summed E-state index contributed by atoms with van der Waals surface area (Å²) in [6, 6.07) is 17.4. The third-order valence-corrected chi connectivity index (χ3v) is 5.07. The minimum Gasteiger partial charge on any atom is -0.366 e. The lowest BCUT2D eigenvalue weighted by atomic mass is 10.1. The quantitative estimate of drug-likeness (QED) is 0.768. The smallest absolute Gasteiger partial charge is 0.239 e. The van der Waals surface area contributed by atoms with Crippen molar-refractivity contribution < 1.29 is 4.79 Å². The van der Waals surface area contributed by atoms with Crippen molar-refractivity contribution in [3.05, 3.63) is 66.4 Å². The Morgan fingerprint density at radius 1 is 1.00 bits per heavy atom. The van der Waals surface area contributed by atoms with Crippen LogP contribution >= 0.6 is 0 Å². The molecular formula is C21H23N5O. The third kappa shape index (κ3) is 3.75. The van der Waals surface area contributed by atoms with Gasteiger partial charge in [0, 0.05) is 31.6 Å². The predicted molar refractivity (Wildman–Crippen MR) is 106 cm³/mol. The normalized spacial score (nSPS) is 15.7. The first-order chi connectivity index (χ1) is 13.2. The van der Waals surface area contributed by atoms with Crippen molar-refractivity contribution in [1.29, 1.82) is 0 Å². The molecule has 1 amide bonds. The molecular weight excluding hydrogens is 338 g/mol. The SMILES string of the molecule is N[C@H](Cc1ccccc1)C(=O)N1CCN(c2cnnc3ccccc23)CC1. The van der Waals surface area contributed by atoms with Crippen LogP contribution < -0.4 is 10.6 Å². The average Bonchev–Trinajstić information content (AvgIpc) is 2.73. The first kappa shape index (κ1) is 17.4. The monoisotopic (exact) mass is 361 g/mol. The van der Waals surface area contributed by atoms with E-state index in [1.54, 1.807) is 6.20 Å². The lowest BCUT2D eigenvalue weighted by Gasteiger charge is -2.37. The number of amides is 1. The van der Waals surface area contributed by atoms with Crippen molar-refractivity contribution >= 4 is 22.5 Å². The number of benzene rings is 2. The van der Waals surface area contributed by atoms with Crippen LogP contribution in [-0.2, 0) is 11.2 Å². The molecule has 2 N–H and O–H groups in total. The number of anilines is 1. The molecule has 0 unspecified atom stereocenters. The van der Waals surface area contributed by atoms with Gasteiger partial charge in [-0.15, -0.1) is 0 Å². The molecule has 1 aliphatic rings. The van der Waals surface area contributed by atoms with E-state index in [1.807, 2.05) is 53.4 Å². The summed E-state index contributed by atoms with van der Waals surface area (Å²) in [5, 5.41) is 9.40. The number of fused-ring (bicyclic) bond motifs is 1. The Hall–Kier alpha value is -2.99. The molecule has 6 heteroatoms. The van der Waals surface area contributed by atoms with E-state index in [0.29, 0.717) is 19.5 Å². The number of aromatic nitrogens is 2.